The number of rotatable bonds is 1. The Morgan fingerprint density at radius 3 is 2.39 bits per heavy atom. The van der Waals surface area contributed by atoms with E-state index in [0.717, 1.165) is 0 Å². The number of thiophene rings is 1. The Morgan fingerprint density at radius 1 is 0.722 bits per heavy atom. The molecule has 0 unspecified atom stereocenters. The summed E-state index contributed by atoms with van der Waals surface area (Å²) in [6.07, 6.45) is 0. The van der Waals surface area contributed by atoms with Crippen LogP contribution in [0.3, 0.4) is 0 Å². The molecule has 0 radical (unpaired) electrons. The van der Waals surface area contributed by atoms with E-state index in [2.05, 4.69) is 70.6 Å². The molecular weight excluding hydrogens is 238 g/mol. The fraction of sp³-hybridized carbons (Fsp3) is 0. The van der Waals surface area contributed by atoms with E-state index in [1.807, 2.05) is 11.3 Å². The van der Waals surface area contributed by atoms with Gasteiger partial charge >= 0.3 is 0 Å². The number of hydrogen-bond acceptors (Lipinski definition) is 1. The minimum absolute atomic E-state index is 1.22. The van der Waals surface area contributed by atoms with Gasteiger partial charge in [-0.25, -0.2) is 0 Å². The molecular formula is C16H11NS. The van der Waals surface area contributed by atoms with Gasteiger partial charge in [-0.2, -0.15) is 0 Å². The van der Waals surface area contributed by atoms with Crippen LogP contribution in [0.25, 0.3) is 26.8 Å². The first kappa shape index (κ1) is 9.92. The van der Waals surface area contributed by atoms with E-state index in [4.69, 9.17) is 0 Å². The molecule has 0 saturated carbocycles. The molecule has 2 aromatic carbocycles. The van der Waals surface area contributed by atoms with Gasteiger partial charge in [0.05, 0.1) is 15.7 Å². The van der Waals surface area contributed by atoms with Gasteiger partial charge in [-0.3, -0.25) is 0 Å². The van der Waals surface area contributed by atoms with Gasteiger partial charge in [0.2, 0.25) is 0 Å². The highest BCUT2D eigenvalue weighted by Gasteiger charge is 2.11. The fourth-order valence-corrected chi connectivity index (χ4v) is 3.44. The van der Waals surface area contributed by atoms with Gasteiger partial charge in [-0.15, -0.1) is 11.3 Å². The van der Waals surface area contributed by atoms with Gasteiger partial charge in [0.25, 0.3) is 0 Å². The van der Waals surface area contributed by atoms with Crippen molar-refractivity contribution in [2.45, 2.75) is 0 Å². The highest BCUT2D eigenvalue weighted by molar-refractivity contribution is 7.18. The predicted molar refractivity (Wildman–Crippen MR) is 78.7 cm³/mol. The lowest BCUT2D eigenvalue weighted by Crippen LogP contribution is -1.91. The quantitative estimate of drug-likeness (QED) is 0.454. The maximum Gasteiger partial charge on any atom is 0.0648 e. The molecule has 0 atom stereocenters. The van der Waals surface area contributed by atoms with Crippen molar-refractivity contribution in [3.05, 3.63) is 66.0 Å². The monoisotopic (exact) mass is 249 g/mol. The first-order chi connectivity index (χ1) is 8.95. The summed E-state index contributed by atoms with van der Waals surface area (Å²) in [5.41, 5.74) is 3.81. The molecule has 4 rings (SSSR count). The summed E-state index contributed by atoms with van der Waals surface area (Å²) in [6, 6.07) is 21.3. The lowest BCUT2D eigenvalue weighted by molar-refractivity contribution is 1.18. The van der Waals surface area contributed by atoms with Crippen LogP contribution in [0.15, 0.2) is 66.0 Å². The molecule has 0 aliphatic rings. The van der Waals surface area contributed by atoms with E-state index in [0.29, 0.717) is 0 Å². The van der Waals surface area contributed by atoms with Gasteiger partial charge in [0.1, 0.15) is 0 Å². The Labute approximate surface area is 109 Å². The standard InChI is InChI=1S/C16H11NS/c1-2-6-12(7-3-1)17-14-9-5-4-8-13(14)16-15(17)10-11-18-16/h1-11H. The van der Waals surface area contributed by atoms with Crippen LogP contribution < -0.4 is 0 Å². The van der Waals surface area contributed by atoms with Gasteiger partial charge in [-0.1, -0.05) is 36.4 Å². The molecule has 4 aromatic rings. The first-order valence-corrected chi connectivity index (χ1v) is 6.85. The zero-order valence-corrected chi connectivity index (χ0v) is 10.5. The summed E-state index contributed by atoms with van der Waals surface area (Å²) in [5.74, 6) is 0. The second-order valence-electron chi connectivity index (χ2n) is 4.32. The molecule has 0 amide bonds. The van der Waals surface area contributed by atoms with Crippen molar-refractivity contribution in [1.29, 1.82) is 0 Å². The van der Waals surface area contributed by atoms with Crippen molar-refractivity contribution < 1.29 is 0 Å². The van der Waals surface area contributed by atoms with E-state index in [9.17, 15) is 0 Å². The Bertz CT molecular complexity index is 824. The van der Waals surface area contributed by atoms with Crippen LogP contribution in [0.5, 0.6) is 0 Å². The lowest BCUT2D eigenvalue weighted by Gasteiger charge is -2.05. The maximum absolute atomic E-state index is 2.33. The number of para-hydroxylation sites is 2. The van der Waals surface area contributed by atoms with Crippen molar-refractivity contribution in [2.75, 3.05) is 0 Å². The molecule has 0 spiro atoms. The molecule has 0 saturated heterocycles. The van der Waals surface area contributed by atoms with Crippen molar-refractivity contribution in [2.24, 2.45) is 0 Å². The van der Waals surface area contributed by atoms with E-state index >= 15 is 0 Å². The zero-order valence-electron chi connectivity index (χ0n) is 9.71. The van der Waals surface area contributed by atoms with Crippen molar-refractivity contribution in [1.82, 2.24) is 4.57 Å². The Hall–Kier alpha value is -2.06. The summed E-state index contributed by atoms with van der Waals surface area (Å²) in [5, 5.41) is 3.50. The largest absolute Gasteiger partial charge is 0.308 e. The lowest BCUT2D eigenvalue weighted by atomic mass is 10.2. The number of benzene rings is 2. The third-order valence-electron chi connectivity index (χ3n) is 3.29. The SMILES string of the molecule is c1ccc(-n2c3ccccc3c3sccc32)cc1. The third-order valence-corrected chi connectivity index (χ3v) is 4.23. The summed E-state index contributed by atoms with van der Waals surface area (Å²) < 4.78 is 3.70. The highest BCUT2D eigenvalue weighted by Crippen LogP contribution is 2.34. The number of fused-ring (bicyclic) bond motifs is 3. The minimum atomic E-state index is 1.22. The smallest absolute Gasteiger partial charge is 0.0648 e. The minimum Gasteiger partial charge on any atom is -0.308 e. The normalized spacial score (nSPS) is 11.3. The fourth-order valence-electron chi connectivity index (χ4n) is 2.53. The molecule has 1 nitrogen and oxygen atoms in total. The molecule has 2 aromatic heterocycles. The van der Waals surface area contributed by atoms with Gasteiger partial charge < -0.3 is 4.57 Å². The van der Waals surface area contributed by atoms with Crippen molar-refractivity contribution in [3.8, 4) is 5.69 Å². The summed E-state index contributed by atoms with van der Waals surface area (Å²) in [6.45, 7) is 0. The molecule has 0 aliphatic heterocycles. The molecule has 2 heterocycles. The van der Waals surface area contributed by atoms with Crippen LogP contribution in [-0.4, -0.2) is 4.57 Å². The van der Waals surface area contributed by atoms with Crippen LogP contribution >= 0.6 is 11.3 Å². The molecule has 0 aliphatic carbocycles. The predicted octanol–water partition coefficient (Wildman–Crippen LogP) is 4.85. The average Bonchev–Trinajstić information content (AvgIpc) is 2.99. The first-order valence-electron chi connectivity index (χ1n) is 5.97. The summed E-state index contributed by atoms with van der Waals surface area (Å²) in [7, 11) is 0. The number of nitrogens with zero attached hydrogens (tertiary/aromatic N) is 1. The molecule has 0 N–H and O–H groups in total. The van der Waals surface area contributed by atoms with Crippen molar-refractivity contribution >= 4 is 32.5 Å². The van der Waals surface area contributed by atoms with Crippen LogP contribution in [0.4, 0.5) is 0 Å². The highest BCUT2D eigenvalue weighted by atomic mass is 32.1. The molecule has 86 valence electrons. The number of aromatic nitrogens is 1. The second kappa shape index (κ2) is 3.72. The van der Waals surface area contributed by atoms with Crippen molar-refractivity contribution in [3.63, 3.8) is 0 Å². The molecule has 18 heavy (non-hydrogen) atoms. The van der Waals surface area contributed by atoms with E-state index in [1.54, 1.807) is 0 Å². The van der Waals surface area contributed by atoms with Gasteiger partial charge in [0.15, 0.2) is 0 Å². The van der Waals surface area contributed by atoms with Gasteiger partial charge in [0, 0.05) is 11.1 Å². The topological polar surface area (TPSA) is 4.93 Å². The molecule has 0 bridgehead atoms. The van der Waals surface area contributed by atoms with E-state index in [1.165, 1.54) is 26.8 Å². The Kier molecular flexibility index (Phi) is 2.05. The zero-order chi connectivity index (χ0) is 11.9. The van der Waals surface area contributed by atoms with E-state index < -0.39 is 0 Å². The maximum atomic E-state index is 2.33. The van der Waals surface area contributed by atoms with E-state index in [-0.39, 0.29) is 0 Å². The van der Waals surface area contributed by atoms with Crippen LogP contribution in [0, 0.1) is 0 Å². The average molecular weight is 249 g/mol. The number of hydrogen-bond donors (Lipinski definition) is 0. The van der Waals surface area contributed by atoms with Crippen LogP contribution in [0.2, 0.25) is 0 Å². The van der Waals surface area contributed by atoms with Gasteiger partial charge in [-0.05, 0) is 29.6 Å². The Balaban J connectivity index is 2.22. The second-order valence-corrected chi connectivity index (χ2v) is 5.24. The van der Waals surface area contributed by atoms with Crippen LogP contribution in [-0.2, 0) is 0 Å². The Morgan fingerprint density at radius 2 is 1.50 bits per heavy atom. The third kappa shape index (κ3) is 1.27. The summed E-state index contributed by atoms with van der Waals surface area (Å²) >= 11 is 1.81. The van der Waals surface area contributed by atoms with Crippen LogP contribution in [0.1, 0.15) is 0 Å². The molecule has 0 fully saturated rings. The molecule has 2 heteroatoms. The summed E-state index contributed by atoms with van der Waals surface area (Å²) in [4.78, 5) is 0.